The van der Waals surface area contributed by atoms with Gasteiger partial charge in [0.15, 0.2) is 0 Å². The van der Waals surface area contributed by atoms with Crippen molar-refractivity contribution in [2.45, 2.75) is 25.7 Å². The van der Waals surface area contributed by atoms with E-state index < -0.39 is 15.9 Å². The maximum absolute atomic E-state index is 12.8. The molecule has 2 aromatic rings. The number of hydrogen-bond acceptors (Lipinski definition) is 3. The van der Waals surface area contributed by atoms with E-state index in [1.54, 1.807) is 45.0 Å². The molecule has 26 heavy (non-hydrogen) atoms. The number of carbonyl (C=O) groups excluding carboxylic acids is 1. The SMILES string of the molecule is CCN(CC)S(=O)(=O)c1cc(C(=O)Nc2ccc(Cl)c(Cl)c2)ccc1C. The van der Waals surface area contributed by atoms with Gasteiger partial charge in [0, 0.05) is 24.3 Å². The van der Waals surface area contributed by atoms with E-state index in [0.29, 0.717) is 34.4 Å². The summed E-state index contributed by atoms with van der Waals surface area (Å²) in [7, 11) is -3.66. The number of hydrogen-bond donors (Lipinski definition) is 1. The Morgan fingerprint density at radius 3 is 2.27 bits per heavy atom. The highest BCUT2D eigenvalue weighted by Gasteiger charge is 2.24. The number of carbonyl (C=O) groups is 1. The number of halogens is 2. The molecule has 0 bridgehead atoms. The zero-order valence-corrected chi connectivity index (χ0v) is 17.0. The minimum absolute atomic E-state index is 0.128. The van der Waals surface area contributed by atoms with Crippen molar-refractivity contribution < 1.29 is 13.2 Å². The molecule has 0 radical (unpaired) electrons. The second-order valence-corrected chi connectivity index (χ2v) is 8.37. The number of nitrogens with zero attached hydrogens (tertiary/aromatic N) is 1. The van der Waals surface area contributed by atoms with Crippen molar-refractivity contribution in [1.29, 1.82) is 0 Å². The fourth-order valence-electron chi connectivity index (χ4n) is 2.50. The van der Waals surface area contributed by atoms with Crippen LogP contribution in [0.15, 0.2) is 41.3 Å². The molecule has 0 saturated heterocycles. The van der Waals surface area contributed by atoms with Crippen LogP contribution in [0.3, 0.4) is 0 Å². The van der Waals surface area contributed by atoms with Gasteiger partial charge in [-0.1, -0.05) is 43.1 Å². The van der Waals surface area contributed by atoms with Crippen LogP contribution >= 0.6 is 23.2 Å². The third-order valence-electron chi connectivity index (χ3n) is 3.95. The number of anilines is 1. The molecule has 1 amide bonds. The van der Waals surface area contributed by atoms with Crippen molar-refractivity contribution >= 4 is 44.8 Å². The van der Waals surface area contributed by atoms with Gasteiger partial charge in [-0.15, -0.1) is 0 Å². The smallest absolute Gasteiger partial charge is 0.255 e. The summed E-state index contributed by atoms with van der Waals surface area (Å²) in [5, 5.41) is 3.39. The van der Waals surface area contributed by atoms with E-state index >= 15 is 0 Å². The summed E-state index contributed by atoms with van der Waals surface area (Å²) >= 11 is 11.8. The maximum Gasteiger partial charge on any atom is 0.255 e. The predicted octanol–water partition coefficient (Wildman–Crippen LogP) is 4.58. The molecule has 0 atom stereocenters. The van der Waals surface area contributed by atoms with Crippen LogP contribution < -0.4 is 5.32 Å². The van der Waals surface area contributed by atoms with Crippen LogP contribution in [0.5, 0.6) is 0 Å². The Labute approximate surface area is 164 Å². The van der Waals surface area contributed by atoms with E-state index in [-0.39, 0.29) is 10.5 Å². The Kier molecular flexibility index (Phi) is 6.69. The van der Waals surface area contributed by atoms with Gasteiger partial charge in [0.05, 0.1) is 14.9 Å². The number of amides is 1. The van der Waals surface area contributed by atoms with E-state index in [2.05, 4.69) is 5.32 Å². The predicted molar refractivity (Wildman–Crippen MR) is 106 cm³/mol. The summed E-state index contributed by atoms with van der Waals surface area (Å²) in [6.45, 7) is 5.97. The third-order valence-corrected chi connectivity index (χ3v) is 6.88. The van der Waals surface area contributed by atoms with Crippen molar-refractivity contribution in [2.24, 2.45) is 0 Å². The molecule has 0 saturated carbocycles. The lowest BCUT2D eigenvalue weighted by Gasteiger charge is -2.20. The molecule has 2 rings (SSSR count). The van der Waals surface area contributed by atoms with Crippen LogP contribution in [0, 0.1) is 6.92 Å². The minimum atomic E-state index is -3.66. The van der Waals surface area contributed by atoms with Crippen LogP contribution in [-0.4, -0.2) is 31.7 Å². The molecule has 0 unspecified atom stereocenters. The quantitative estimate of drug-likeness (QED) is 0.751. The van der Waals surface area contributed by atoms with Gasteiger partial charge in [0.2, 0.25) is 10.0 Å². The van der Waals surface area contributed by atoms with Crippen LogP contribution in [0.2, 0.25) is 10.0 Å². The van der Waals surface area contributed by atoms with E-state index in [9.17, 15) is 13.2 Å². The van der Waals surface area contributed by atoms with Crippen molar-refractivity contribution in [1.82, 2.24) is 4.31 Å². The van der Waals surface area contributed by atoms with Crippen LogP contribution in [-0.2, 0) is 10.0 Å². The summed E-state index contributed by atoms with van der Waals surface area (Å²) in [5.41, 5.74) is 1.30. The van der Waals surface area contributed by atoms with Crippen LogP contribution in [0.1, 0.15) is 29.8 Å². The number of sulfonamides is 1. The average Bonchev–Trinajstić information content (AvgIpc) is 2.59. The highest BCUT2D eigenvalue weighted by Crippen LogP contribution is 2.26. The van der Waals surface area contributed by atoms with Gasteiger partial charge in [-0.3, -0.25) is 4.79 Å². The minimum Gasteiger partial charge on any atom is -0.322 e. The molecular weight excluding hydrogens is 395 g/mol. The first-order valence-electron chi connectivity index (χ1n) is 8.07. The molecule has 1 N–H and O–H groups in total. The van der Waals surface area contributed by atoms with E-state index in [4.69, 9.17) is 23.2 Å². The normalized spacial score (nSPS) is 11.6. The Hall–Kier alpha value is -1.60. The molecule has 140 valence electrons. The summed E-state index contributed by atoms with van der Waals surface area (Å²) in [4.78, 5) is 12.6. The lowest BCUT2D eigenvalue weighted by atomic mass is 10.1. The number of benzene rings is 2. The van der Waals surface area contributed by atoms with Crippen molar-refractivity contribution in [3.8, 4) is 0 Å². The molecule has 0 spiro atoms. The lowest BCUT2D eigenvalue weighted by Crippen LogP contribution is -2.31. The molecule has 2 aromatic carbocycles. The van der Waals surface area contributed by atoms with E-state index in [0.717, 1.165) is 0 Å². The van der Waals surface area contributed by atoms with E-state index in [1.807, 2.05) is 0 Å². The van der Waals surface area contributed by atoms with Crippen LogP contribution in [0.4, 0.5) is 5.69 Å². The molecule has 0 aliphatic rings. The lowest BCUT2D eigenvalue weighted by molar-refractivity contribution is 0.102. The van der Waals surface area contributed by atoms with Gasteiger partial charge in [-0.25, -0.2) is 8.42 Å². The van der Waals surface area contributed by atoms with Gasteiger partial charge >= 0.3 is 0 Å². The average molecular weight is 415 g/mol. The molecule has 8 heteroatoms. The second kappa shape index (κ2) is 8.39. The van der Waals surface area contributed by atoms with Crippen LogP contribution in [0.25, 0.3) is 0 Å². The monoisotopic (exact) mass is 414 g/mol. The van der Waals surface area contributed by atoms with Crippen molar-refractivity contribution in [2.75, 3.05) is 18.4 Å². The molecule has 0 fully saturated rings. The molecule has 5 nitrogen and oxygen atoms in total. The first-order valence-corrected chi connectivity index (χ1v) is 10.3. The number of rotatable bonds is 6. The van der Waals surface area contributed by atoms with Gasteiger partial charge in [-0.05, 0) is 42.8 Å². The molecular formula is C18H20Cl2N2O3S. The fourth-order valence-corrected chi connectivity index (χ4v) is 4.51. The Morgan fingerprint density at radius 1 is 1.04 bits per heavy atom. The molecule has 0 aliphatic carbocycles. The highest BCUT2D eigenvalue weighted by molar-refractivity contribution is 7.89. The third kappa shape index (κ3) is 4.38. The Balaban J connectivity index is 2.36. The second-order valence-electron chi connectivity index (χ2n) is 5.65. The van der Waals surface area contributed by atoms with Crippen molar-refractivity contribution in [3.05, 3.63) is 57.6 Å². The maximum atomic E-state index is 12.8. The fraction of sp³-hybridized carbons (Fsp3) is 0.278. The number of nitrogens with one attached hydrogen (secondary N) is 1. The summed E-state index contributed by atoms with van der Waals surface area (Å²) in [6, 6.07) is 9.34. The topological polar surface area (TPSA) is 66.5 Å². The van der Waals surface area contributed by atoms with Gasteiger partial charge in [-0.2, -0.15) is 4.31 Å². The first kappa shape index (κ1) is 20.7. The molecule has 0 aromatic heterocycles. The Morgan fingerprint density at radius 2 is 1.69 bits per heavy atom. The highest BCUT2D eigenvalue weighted by atomic mass is 35.5. The van der Waals surface area contributed by atoms with Gasteiger partial charge < -0.3 is 5.32 Å². The van der Waals surface area contributed by atoms with Gasteiger partial charge in [0.1, 0.15) is 0 Å². The standard InChI is InChI=1S/C18H20Cl2N2O3S/c1-4-22(5-2)26(24,25)17-10-13(7-6-12(17)3)18(23)21-14-8-9-15(19)16(20)11-14/h6-11H,4-5H2,1-3H3,(H,21,23). The van der Waals surface area contributed by atoms with Crippen molar-refractivity contribution in [3.63, 3.8) is 0 Å². The van der Waals surface area contributed by atoms with E-state index in [1.165, 1.54) is 16.4 Å². The van der Waals surface area contributed by atoms with Gasteiger partial charge in [0.25, 0.3) is 5.91 Å². The largest absolute Gasteiger partial charge is 0.322 e. The Bertz CT molecular complexity index is 926. The summed E-state index contributed by atoms with van der Waals surface area (Å²) in [5.74, 6) is -0.431. The summed E-state index contributed by atoms with van der Waals surface area (Å²) in [6.07, 6.45) is 0. The first-order chi connectivity index (χ1) is 12.2. The summed E-state index contributed by atoms with van der Waals surface area (Å²) < 4.78 is 26.9. The molecule has 0 aliphatic heterocycles. The zero-order valence-electron chi connectivity index (χ0n) is 14.7. The number of aryl methyl sites for hydroxylation is 1. The molecule has 0 heterocycles. The zero-order chi connectivity index (χ0) is 19.5.